The molecule has 3 aromatic rings. The smallest absolute Gasteiger partial charge is 0.0967 e. The first kappa shape index (κ1) is 23.0. The van der Waals surface area contributed by atoms with Gasteiger partial charge in [-0.2, -0.15) is 0 Å². The highest BCUT2D eigenvalue weighted by Gasteiger charge is 2.15. The highest BCUT2D eigenvalue weighted by molar-refractivity contribution is 4.99. The van der Waals surface area contributed by atoms with E-state index >= 15 is 0 Å². The molecule has 0 spiro atoms. The maximum atomic E-state index is 9.02. The molecule has 0 saturated carbocycles. The summed E-state index contributed by atoms with van der Waals surface area (Å²) in [5, 5.41) is 34.7. The third-order valence-electron chi connectivity index (χ3n) is 4.94. The number of aliphatic hydroxyl groups excluding tert-OH is 1. The van der Waals surface area contributed by atoms with Crippen molar-refractivity contribution in [3.63, 3.8) is 0 Å². The Labute approximate surface area is 183 Å². The second kappa shape index (κ2) is 12.3. The first-order chi connectivity index (χ1) is 15.2. The van der Waals surface area contributed by atoms with E-state index in [9.17, 15) is 0 Å². The molecule has 0 unspecified atom stereocenters. The molecule has 3 rings (SSSR count). The van der Waals surface area contributed by atoms with E-state index in [2.05, 4.69) is 49.7 Å². The van der Waals surface area contributed by atoms with Crippen molar-refractivity contribution in [2.75, 3.05) is 6.61 Å². The van der Waals surface area contributed by atoms with Gasteiger partial charge in [0.05, 0.1) is 17.1 Å². The molecular weight excluding hydrogens is 396 g/mol. The molecule has 0 fully saturated rings. The van der Waals surface area contributed by atoms with Crippen molar-refractivity contribution in [1.82, 2.24) is 49.9 Å². The van der Waals surface area contributed by atoms with Gasteiger partial charge in [0.1, 0.15) is 0 Å². The molecule has 11 nitrogen and oxygen atoms in total. The second-order valence-corrected chi connectivity index (χ2v) is 7.85. The van der Waals surface area contributed by atoms with E-state index in [0.29, 0.717) is 32.6 Å². The molecule has 3 heterocycles. The highest BCUT2D eigenvalue weighted by atomic mass is 16.3. The van der Waals surface area contributed by atoms with Gasteiger partial charge in [-0.05, 0) is 19.3 Å². The van der Waals surface area contributed by atoms with Crippen molar-refractivity contribution in [1.29, 1.82) is 0 Å². The van der Waals surface area contributed by atoms with Gasteiger partial charge >= 0.3 is 0 Å². The maximum absolute atomic E-state index is 9.02. The number of hydrogen-bond donors (Lipinski definition) is 1. The Bertz CT molecular complexity index is 771. The summed E-state index contributed by atoms with van der Waals surface area (Å²) in [4.78, 5) is 2.22. The van der Waals surface area contributed by atoms with Gasteiger partial charge in [0.25, 0.3) is 0 Å². The average Bonchev–Trinajstić information content (AvgIpc) is 3.51. The van der Waals surface area contributed by atoms with Crippen LogP contribution in [-0.2, 0) is 39.3 Å². The van der Waals surface area contributed by atoms with Crippen molar-refractivity contribution in [3.8, 4) is 0 Å². The van der Waals surface area contributed by atoms with E-state index in [1.165, 1.54) is 0 Å². The topological polar surface area (TPSA) is 116 Å². The van der Waals surface area contributed by atoms with Crippen molar-refractivity contribution < 1.29 is 5.11 Å². The predicted octanol–water partition coefficient (Wildman–Crippen LogP) is 1.65. The van der Waals surface area contributed by atoms with Crippen molar-refractivity contribution in [2.24, 2.45) is 0 Å². The van der Waals surface area contributed by atoms with Gasteiger partial charge in [-0.3, -0.25) is 18.9 Å². The van der Waals surface area contributed by atoms with Gasteiger partial charge in [-0.25, -0.2) is 0 Å². The van der Waals surface area contributed by atoms with Crippen molar-refractivity contribution in [3.05, 3.63) is 35.7 Å². The van der Waals surface area contributed by atoms with E-state index in [1.807, 2.05) is 28.0 Å². The lowest BCUT2D eigenvalue weighted by Crippen LogP contribution is -2.23. The van der Waals surface area contributed by atoms with Crippen LogP contribution in [-0.4, -0.2) is 61.6 Å². The van der Waals surface area contributed by atoms with Crippen LogP contribution in [0.4, 0.5) is 0 Å². The number of nitrogens with zero attached hydrogens (tertiary/aromatic N) is 10. The number of aliphatic hydroxyl groups is 1. The molecule has 0 amide bonds. The zero-order chi connectivity index (χ0) is 21.9. The molecule has 0 aliphatic rings. The molecule has 0 aliphatic carbocycles. The molecule has 31 heavy (non-hydrogen) atoms. The van der Waals surface area contributed by atoms with Crippen LogP contribution >= 0.6 is 0 Å². The highest BCUT2D eigenvalue weighted by Crippen LogP contribution is 2.11. The summed E-state index contributed by atoms with van der Waals surface area (Å²) in [7, 11) is 0. The fraction of sp³-hybridized carbons (Fsp3) is 0.700. The van der Waals surface area contributed by atoms with Crippen LogP contribution in [0.5, 0.6) is 0 Å². The minimum Gasteiger partial charge on any atom is -0.396 e. The largest absolute Gasteiger partial charge is 0.396 e. The molecule has 0 bridgehead atoms. The average molecular weight is 431 g/mol. The van der Waals surface area contributed by atoms with Crippen LogP contribution in [0.3, 0.4) is 0 Å². The summed E-state index contributed by atoms with van der Waals surface area (Å²) in [5.41, 5.74) is 2.71. The Morgan fingerprint density at radius 2 is 1.06 bits per heavy atom. The Balaban J connectivity index is 1.67. The van der Waals surface area contributed by atoms with Gasteiger partial charge in [-0.15, -0.1) is 15.3 Å². The third-order valence-corrected chi connectivity index (χ3v) is 4.94. The van der Waals surface area contributed by atoms with Crippen LogP contribution in [0, 0.1) is 0 Å². The van der Waals surface area contributed by atoms with Crippen molar-refractivity contribution >= 4 is 0 Å². The summed E-state index contributed by atoms with van der Waals surface area (Å²) in [6.45, 7) is 8.78. The maximum Gasteiger partial charge on any atom is 0.0967 e. The van der Waals surface area contributed by atoms with Gasteiger partial charge in [-0.1, -0.05) is 42.3 Å². The molecule has 0 radical (unpaired) electrons. The lowest BCUT2D eigenvalue weighted by atomic mass is 10.3. The monoisotopic (exact) mass is 430 g/mol. The molecule has 170 valence electrons. The number of aromatic nitrogens is 9. The Morgan fingerprint density at radius 3 is 1.42 bits per heavy atom. The van der Waals surface area contributed by atoms with Gasteiger partial charge in [0.2, 0.25) is 0 Å². The lowest BCUT2D eigenvalue weighted by molar-refractivity contribution is 0.238. The number of unbranched alkanes of at least 4 members (excludes halogenated alkanes) is 2. The molecule has 1 N–H and O–H groups in total. The number of rotatable bonds is 15. The Hall–Kier alpha value is -2.66. The summed E-state index contributed by atoms with van der Waals surface area (Å²) in [6.07, 6.45) is 11.0. The second-order valence-electron chi connectivity index (χ2n) is 7.85. The zero-order valence-corrected chi connectivity index (χ0v) is 18.6. The zero-order valence-electron chi connectivity index (χ0n) is 18.6. The minimum atomic E-state index is 0.142. The van der Waals surface area contributed by atoms with E-state index in [4.69, 9.17) is 5.11 Å². The predicted molar refractivity (Wildman–Crippen MR) is 115 cm³/mol. The molecule has 0 aliphatic heterocycles. The molecule has 0 saturated heterocycles. The van der Waals surface area contributed by atoms with Crippen LogP contribution in [0.15, 0.2) is 18.6 Å². The van der Waals surface area contributed by atoms with Gasteiger partial charge < -0.3 is 5.11 Å². The normalized spacial score (nSPS) is 11.6. The molecule has 3 aromatic heterocycles. The fourth-order valence-electron chi connectivity index (χ4n) is 3.29. The molecule has 0 atom stereocenters. The first-order valence-corrected chi connectivity index (χ1v) is 11.2. The first-order valence-electron chi connectivity index (χ1n) is 11.2. The Morgan fingerprint density at radius 1 is 0.677 bits per heavy atom. The summed E-state index contributed by atoms with van der Waals surface area (Å²) in [6, 6.07) is 0. The van der Waals surface area contributed by atoms with Crippen LogP contribution < -0.4 is 0 Å². The molecular formula is C20H34N10O. The standard InChI is InChI=1S/C20H34N10O/c1-3-5-8-28-15-18(21-24-28)12-27(13-19-16-29(25-22-19)9-6-4-2)14-20-17-30(26-23-20)10-7-11-31/h15-17,31H,3-14H2,1-2H3. The summed E-state index contributed by atoms with van der Waals surface area (Å²) >= 11 is 0. The fourth-order valence-corrected chi connectivity index (χ4v) is 3.29. The lowest BCUT2D eigenvalue weighted by Gasteiger charge is -2.18. The number of aryl methyl sites for hydroxylation is 3. The van der Waals surface area contributed by atoms with Crippen LogP contribution in [0.25, 0.3) is 0 Å². The van der Waals surface area contributed by atoms with E-state index in [-0.39, 0.29) is 6.61 Å². The number of hydrogen-bond acceptors (Lipinski definition) is 8. The van der Waals surface area contributed by atoms with Gasteiger partial charge in [0, 0.05) is 64.5 Å². The minimum absolute atomic E-state index is 0.142. The van der Waals surface area contributed by atoms with Gasteiger partial charge in [0.15, 0.2) is 0 Å². The van der Waals surface area contributed by atoms with E-state index in [0.717, 1.165) is 55.9 Å². The van der Waals surface area contributed by atoms with Crippen LogP contribution in [0.2, 0.25) is 0 Å². The Kier molecular flexibility index (Phi) is 9.10. The van der Waals surface area contributed by atoms with Crippen LogP contribution in [0.1, 0.15) is 63.0 Å². The quantitative estimate of drug-likeness (QED) is 0.387. The summed E-state index contributed by atoms with van der Waals surface area (Å²) < 4.78 is 5.58. The van der Waals surface area contributed by atoms with E-state index in [1.54, 1.807) is 4.68 Å². The molecule has 11 heteroatoms. The third kappa shape index (κ3) is 7.51. The SMILES string of the molecule is CCCCn1cc(CN(Cc2cn(CCCC)nn2)Cc2cn(CCCO)nn2)nn1. The molecule has 0 aromatic carbocycles. The summed E-state index contributed by atoms with van der Waals surface area (Å²) in [5.74, 6) is 0. The van der Waals surface area contributed by atoms with Crippen molar-refractivity contribution in [2.45, 2.75) is 85.2 Å². The van der Waals surface area contributed by atoms with E-state index < -0.39 is 0 Å².